The summed E-state index contributed by atoms with van der Waals surface area (Å²) in [6.07, 6.45) is 3.32. The van der Waals surface area contributed by atoms with Crippen molar-refractivity contribution in [2.45, 2.75) is 0 Å². The maximum atomic E-state index is 10.4. The minimum absolute atomic E-state index is 0.423. The van der Waals surface area contributed by atoms with Crippen LogP contribution in [0.15, 0.2) is 40.2 Å². The third kappa shape index (κ3) is 1.33. The molecule has 4 heteroatoms. The van der Waals surface area contributed by atoms with Gasteiger partial charge in [0.15, 0.2) is 0 Å². The standard InChI is InChI=1S/C9H5BrN2O/c10-8-1-2-9(12-13)7-5-11-4-3-6(7)8/h1-5H. The van der Waals surface area contributed by atoms with Crippen LogP contribution in [0, 0.1) is 4.91 Å². The minimum atomic E-state index is 0.423. The Hall–Kier alpha value is -1.29. The largest absolute Gasteiger partial charge is 0.264 e. The highest BCUT2D eigenvalue weighted by Crippen LogP contribution is 2.30. The lowest BCUT2D eigenvalue weighted by Crippen LogP contribution is -1.77. The molecule has 0 aliphatic heterocycles. The Balaban J connectivity index is 2.92. The van der Waals surface area contributed by atoms with Crippen LogP contribution < -0.4 is 0 Å². The van der Waals surface area contributed by atoms with Crippen LogP contribution in [0.1, 0.15) is 0 Å². The summed E-state index contributed by atoms with van der Waals surface area (Å²) < 4.78 is 0.942. The number of rotatable bonds is 1. The van der Waals surface area contributed by atoms with Crippen molar-refractivity contribution in [2.24, 2.45) is 5.18 Å². The summed E-state index contributed by atoms with van der Waals surface area (Å²) in [6, 6.07) is 5.31. The summed E-state index contributed by atoms with van der Waals surface area (Å²) in [4.78, 5) is 14.4. The van der Waals surface area contributed by atoms with Crippen molar-refractivity contribution in [1.82, 2.24) is 4.98 Å². The van der Waals surface area contributed by atoms with E-state index in [1.165, 1.54) is 0 Å². The zero-order chi connectivity index (χ0) is 9.26. The number of nitroso groups, excluding NO2 is 1. The molecule has 0 fully saturated rings. The number of hydrogen-bond donors (Lipinski definition) is 0. The van der Waals surface area contributed by atoms with Crippen molar-refractivity contribution >= 4 is 32.4 Å². The predicted molar refractivity (Wildman–Crippen MR) is 54.9 cm³/mol. The maximum Gasteiger partial charge on any atom is 0.117 e. The van der Waals surface area contributed by atoms with Crippen LogP contribution in [0.3, 0.4) is 0 Å². The van der Waals surface area contributed by atoms with Crippen LogP contribution >= 0.6 is 15.9 Å². The van der Waals surface area contributed by atoms with Crippen molar-refractivity contribution < 1.29 is 0 Å². The van der Waals surface area contributed by atoms with Crippen LogP contribution in [0.4, 0.5) is 5.69 Å². The van der Waals surface area contributed by atoms with E-state index in [4.69, 9.17) is 0 Å². The van der Waals surface area contributed by atoms with Crippen molar-refractivity contribution in [2.75, 3.05) is 0 Å². The summed E-state index contributed by atoms with van der Waals surface area (Å²) in [5.41, 5.74) is 0.423. The Bertz CT molecular complexity index is 470. The van der Waals surface area contributed by atoms with Gasteiger partial charge in [0, 0.05) is 27.6 Å². The van der Waals surface area contributed by atoms with Crippen LogP contribution in [0.2, 0.25) is 0 Å². The SMILES string of the molecule is O=Nc1ccc(Br)c2ccncc12. The van der Waals surface area contributed by atoms with Gasteiger partial charge in [-0.2, -0.15) is 0 Å². The summed E-state index contributed by atoms with van der Waals surface area (Å²) in [5.74, 6) is 0. The molecule has 1 aromatic carbocycles. The minimum Gasteiger partial charge on any atom is -0.264 e. The van der Waals surface area contributed by atoms with Gasteiger partial charge in [0.25, 0.3) is 0 Å². The van der Waals surface area contributed by atoms with Crippen molar-refractivity contribution in [3.63, 3.8) is 0 Å². The molecule has 0 spiro atoms. The molecule has 0 unspecified atom stereocenters. The Morgan fingerprint density at radius 2 is 2.08 bits per heavy atom. The number of pyridine rings is 1. The molecule has 0 radical (unpaired) electrons. The smallest absolute Gasteiger partial charge is 0.117 e. The molecule has 0 aliphatic carbocycles. The summed E-state index contributed by atoms with van der Waals surface area (Å²) in [5, 5.41) is 4.65. The van der Waals surface area contributed by atoms with Crippen LogP contribution in [-0.4, -0.2) is 4.98 Å². The first-order valence-electron chi connectivity index (χ1n) is 3.68. The number of nitrogens with zero attached hydrogens (tertiary/aromatic N) is 2. The number of fused-ring (bicyclic) bond motifs is 1. The van der Waals surface area contributed by atoms with E-state index in [0.717, 1.165) is 15.2 Å². The average Bonchev–Trinajstić information content (AvgIpc) is 2.19. The molecule has 2 aromatic rings. The molecule has 2 rings (SSSR count). The molecule has 0 bridgehead atoms. The second-order valence-electron chi connectivity index (χ2n) is 2.58. The van der Waals surface area contributed by atoms with E-state index in [1.807, 2.05) is 6.07 Å². The van der Waals surface area contributed by atoms with E-state index in [1.54, 1.807) is 24.5 Å². The Morgan fingerprint density at radius 1 is 1.23 bits per heavy atom. The second kappa shape index (κ2) is 3.22. The van der Waals surface area contributed by atoms with Crippen LogP contribution in [-0.2, 0) is 0 Å². The van der Waals surface area contributed by atoms with Gasteiger partial charge < -0.3 is 0 Å². The highest BCUT2D eigenvalue weighted by Gasteiger charge is 2.03. The van der Waals surface area contributed by atoms with E-state index in [2.05, 4.69) is 26.1 Å². The van der Waals surface area contributed by atoms with Gasteiger partial charge in [-0.25, -0.2) is 0 Å². The van der Waals surface area contributed by atoms with E-state index in [0.29, 0.717) is 5.69 Å². The number of halogens is 1. The molecule has 1 heterocycles. The highest BCUT2D eigenvalue weighted by molar-refractivity contribution is 9.10. The first kappa shape index (κ1) is 8.31. The Kier molecular flexibility index (Phi) is 2.06. The average molecular weight is 237 g/mol. The lowest BCUT2D eigenvalue weighted by atomic mass is 10.1. The third-order valence-electron chi connectivity index (χ3n) is 1.84. The zero-order valence-corrected chi connectivity index (χ0v) is 8.15. The van der Waals surface area contributed by atoms with Gasteiger partial charge in [-0.05, 0) is 23.4 Å². The lowest BCUT2D eigenvalue weighted by molar-refractivity contribution is 1.36. The summed E-state index contributed by atoms with van der Waals surface area (Å²) >= 11 is 3.39. The molecule has 3 nitrogen and oxygen atoms in total. The van der Waals surface area contributed by atoms with Gasteiger partial charge in [-0.3, -0.25) is 4.98 Å². The van der Waals surface area contributed by atoms with Crippen molar-refractivity contribution in [3.05, 3.63) is 40.0 Å². The van der Waals surface area contributed by atoms with Crippen molar-refractivity contribution in [3.8, 4) is 0 Å². The maximum absolute atomic E-state index is 10.4. The number of benzene rings is 1. The van der Waals surface area contributed by atoms with E-state index in [-0.39, 0.29) is 0 Å². The first-order valence-corrected chi connectivity index (χ1v) is 4.48. The molecule has 1 aromatic heterocycles. The van der Waals surface area contributed by atoms with E-state index >= 15 is 0 Å². The molecule has 0 atom stereocenters. The molecule has 13 heavy (non-hydrogen) atoms. The summed E-state index contributed by atoms with van der Waals surface area (Å²) in [6.45, 7) is 0. The fourth-order valence-electron chi connectivity index (χ4n) is 1.22. The van der Waals surface area contributed by atoms with Crippen LogP contribution in [0.25, 0.3) is 10.8 Å². The first-order chi connectivity index (χ1) is 6.33. The monoisotopic (exact) mass is 236 g/mol. The molecule has 0 amide bonds. The molecule has 0 N–H and O–H groups in total. The lowest BCUT2D eigenvalue weighted by Gasteiger charge is -2.00. The van der Waals surface area contributed by atoms with Gasteiger partial charge in [-0.15, -0.1) is 4.91 Å². The molecular formula is C9H5BrN2O. The quantitative estimate of drug-likeness (QED) is 0.713. The molecular weight excluding hydrogens is 232 g/mol. The topological polar surface area (TPSA) is 42.3 Å². The van der Waals surface area contributed by atoms with Gasteiger partial charge >= 0.3 is 0 Å². The molecule has 0 aliphatic rings. The number of aromatic nitrogens is 1. The van der Waals surface area contributed by atoms with Gasteiger partial charge in [0.05, 0.1) is 0 Å². The van der Waals surface area contributed by atoms with E-state index < -0.39 is 0 Å². The van der Waals surface area contributed by atoms with Gasteiger partial charge in [-0.1, -0.05) is 15.9 Å². The number of hydrogen-bond acceptors (Lipinski definition) is 3. The van der Waals surface area contributed by atoms with Gasteiger partial charge in [0.2, 0.25) is 0 Å². The van der Waals surface area contributed by atoms with Gasteiger partial charge in [0.1, 0.15) is 5.69 Å². The zero-order valence-electron chi connectivity index (χ0n) is 6.57. The Morgan fingerprint density at radius 3 is 2.85 bits per heavy atom. The Labute approximate surface area is 82.9 Å². The third-order valence-corrected chi connectivity index (χ3v) is 2.53. The van der Waals surface area contributed by atoms with E-state index in [9.17, 15) is 4.91 Å². The summed E-state index contributed by atoms with van der Waals surface area (Å²) in [7, 11) is 0. The fourth-order valence-corrected chi connectivity index (χ4v) is 1.70. The predicted octanol–water partition coefficient (Wildman–Crippen LogP) is 3.40. The van der Waals surface area contributed by atoms with Crippen molar-refractivity contribution in [1.29, 1.82) is 0 Å². The molecule has 64 valence electrons. The highest BCUT2D eigenvalue weighted by atomic mass is 79.9. The fraction of sp³-hybridized carbons (Fsp3) is 0. The molecule has 0 saturated carbocycles. The van der Waals surface area contributed by atoms with Crippen LogP contribution in [0.5, 0.6) is 0 Å². The normalized spacial score (nSPS) is 10.2. The molecule has 0 saturated heterocycles. The second-order valence-corrected chi connectivity index (χ2v) is 3.43.